The molecule has 4 rings (SSSR count). The molecule has 9 heteroatoms. The summed E-state index contributed by atoms with van der Waals surface area (Å²) in [6.07, 6.45) is 3.11. The standard InChI is InChI=1S/C18H26ClFN4O2Si/c1-17(2,3)27(4,5)25-8-12-11-6-7-18(11,20)16(26-12)24-10-23-15-13(24)14(19)21-9-22-15/h9-12,16H,6-8H2,1-5H3/t11-,12-,16+,18+/m1/s1. The van der Waals surface area contributed by atoms with Gasteiger partial charge < -0.3 is 9.16 Å². The molecule has 0 bridgehead atoms. The fourth-order valence-corrected chi connectivity index (χ4v) is 4.98. The van der Waals surface area contributed by atoms with E-state index in [0.717, 1.165) is 6.42 Å². The number of hydrogen-bond donors (Lipinski definition) is 0. The van der Waals surface area contributed by atoms with E-state index in [2.05, 4.69) is 48.8 Å². The molecule has 0 amide bonds. The fourth-order valence-electron chi connectivity index (χ4n) is 3.74. The van der Waals surface area contributed by atoms with Crippen molar-refractivity contribution >= 4 is 31.1 Å². The third-order valence-electron chi connectivity index (χ3n) is 6.61. The summed E-state index contributed by atoms with van der Waals surface area (Å²) >= 11 is 6.23. The van der Waals surface area contributed by atoms with Crippen molar-refractivity contribution < 1.29 is 13.6 Å². The normalized spacial score (nSPS) is 31.1. The molecule has 3 heterocycles. The molecule has 6 nitrogen and oxygen atoms in total. The Morgan fingerprint density at radius 2 is 2.11 bits per heavy atom. The highest BCUT2D eigenvalue weighted by molar-refractivity contribution is 6.74. The van der Waals surface area contributed by atoms with E-state index in [-0.39, 0.29) is 22.2 Å². The van der Waals surface area contributed by atoms with Crippen molar-refractivity contribution in [2.45, 2.75) is 69.7 Å². The van der Waals surface area contributed by atoms with Crippen LogP contribution in [0.25, 0.3) is 11.2 Å². The van der Waals surface area contributed by atoms with Crippen molar-refractivity contribution in [2.24, 2.45) is 5.92 Å². The fraction of sp³-hybridized carbons (Fsp3) is 0.722. The second kappa shape index (κ2) is 6.20. The maximum absolute atomic E-state index is 15.8. The summed E-state index contributed by atoms with van der Waals surface area (Å²) in [6.45, 7) is 11.4. The zero-order valence-corrected chi connectivity index (χ0v) is 18.1. The highest BCUT2D eigenvalue weighted by atomic mass is 35.5. The van der Waals surface area contributed by atoms with Gasteiger partial charge in [0.15, 0.2) is 31.0 Å². The second-order valence-corrected chi connectivity index (χ2v) is 14.3. The van der Waals surface area contributed by atoms with Gasteiger partial charge in [-0.15, -0.1) is 0 Å². The van der Waals surface area contributed by atoms with Crippen LogP contribution in [0.2, 0.25) is 23.3 Å². The molecule has 27 heavy (non-hydrogen) atoms. The minimum Gasteiger partial charge on any atom is -0.414 e. The molecule has 0 unspecified atom stereocenters. The molecule has 2 aliphatic rings. The van der Waals surface area contributed by atoms with Crippen LogP contribution < -0.4 is 0 Å². The lowest BCUT2D eigenvalue weighted by atomic mass is 9.69. The van der Waals surface area contributed by atoms with Gasteiger partial charge in [-0.05, 0) is 31.0 Å². The van der Waals surface area contributed by atoms with Crippen molar-refractivity contribution in [1.82, 2.24) is 19.5 Å². The van der Waals surface area contributed by atoms with Gasteiger partial charge in [0.05, 0.1) is 12.7 Å². The molecule has 0 spiro atoms. The number of hydrogen-bond acceptors (Lipinski definition) is 5. The van der Waals surface area contributed by atoms with Crippen LogP contribution in [0, 0.1) is 5.92 Å². The minimum absolute atomic E-state index is 0.100. The Morgan fingerprint density at radius 3 is 2.74 bits per heavy atom. The van der Waals surface area contributed by atoms with E-state index in [4.69, 9.17) is 20.8 Å². The lowest BCUT2D eigenvalue weighted by Gasteiger charge is -2.41. The molecule has 4 atom stereocenters. The number of alkyl halides is 1. The van der Waals surface area contributed by atoms with Gasteiger partial charge >= 0.3 is 0 Å². The molecule has 1 saturated heterocycles. The average Bonchev–Trinajstić information content (AvgIpc) is 3.06. The largest absolute Gasteiger partial charge is 0.414 e. The summed E-state index contributed by atoms with van der Waals surface area (Å²) in [4.78, 5) is 12.4. The van der Waals surface area contributed by atoms with Gasteiger partial charge in [0.25, 0.3) is 0 Å². The maximum Gasteiger partial charge on any atom is 0.192 e. The lowest BCUT2D eigenvalue weighted by Crippen LogP contribution is -2.49. The van der Waals surface area contributed by atoms with Crippen LogP contribution in [0.3, 0.4) is 0 Å². The third-order valence-corrected chi connectivity index (χ3v) is 11.4. The first-order valence-electron chi connectivity index (χ1n) is 9.36. The summed E-state index contributed by atoms with van der Waals surface area (Å²) in [6, 6.07) is 0. The van der Waals surface area contributed by atoms with E-state index in [0.29, 0.717) is 24.2 Å². The molecule has 1 saturated carbocycles. The average molecular weight is 413 g/mol. The lowest BCUT2D eigenvalue weighted by molar-refractivity contribution is -0.0731. The SMILES string of the molecule is CC(C)(C)[Si](C)(C)OC[C@H]1O[C@H](n2cnc3ncnc(Cl)c32)[C@]2(F)CC[C@H]12. The molecule has 2 fully saturated rings. The van der Waals surface area contributed by atoms with Gasteiger partial charge in [0.2, 0.25) is 0 Å². The highest BCUT2D eigenvalue weighted by Gasteiger charge is 2.64. The summed E-state index contributed by atoms with van der Waals surface area (Å²) in [5, 5.41) is 0.351. The highest BCUT2D eigenvalue weighted by Crippen LogP contribution is 2.58. The zero-order valence-electron chi connectivity index (χ0n) is 16.4. The van der Waals surface area contributed by atoms with Crippen LogP contribution >= 0.6 is 11.6 Å². The predicted octanol–water partition coefficient (Wildman–Crippen LogP) is 4.52. The number of fused-ring (bicyclic) bond motifs is 2. The quantitative estimate of drug-likeness (QED) is 0.545. The smallest absolute Gasteiger partial charge is 0.192 e. The first-order chi connectivity index (χ1) is 12.5. The Bertz CT molecular complexity index is 871. The Balaban J connectivity index is 1.59. The van der Waals surface area contributed by atoms with Crippen LogP contribution in [0.4, 0.5) is 4.39 Å². The van der Waals surface area contributed by atoms with Crippen LogP contribution in [0.15, 0.2) is 12.7 Å². The molecular weight excluding hydrogens is 387 g/mol. The molecule has 0 radical (unpaired) electrons. The summed E-state index contributed by atoms with van der Waals surface area (Å²) in [5.41, 5.74) is -0.481. The van der Waals surface area contributed by atoms with Crippen LogP contribution in [-0.4, -0.2) is 46.2 Å². The van der Waals surface area contributed by atoms with Gasteiger partial charge in [-0.2, -0.15) is 0 Å². The van der Waals surface area contributed by atoms with E-state index in [9.17, 15) is 0 Å². The number of aromatic nitrogens is 4. The van der Waals surface area contributed by atoms with E-state index in [1.165, 1.54) is 6.33 Å². The van der Waals surface area contributed by atoms with E-state index >= 15 is 4.39 Å². The van der Waals surface area contributed by atoms with Crippen LogP contribution in [-0.2, 0) is 9.16 Å². The first kappa shape index (κ1) is 19.2. The molecule has 2 aromatic rings. The van der Waals surface area contributed by atoms with E-state index in [1.54, 1.807) is 10.9 Å². The number of ether oxygens (including phenoxy) is 1. The number of imidazole rings is 1. The molecule has 0 aromatic carbocycles. The second-order valence-electron chi connectivity index (χ2n) is 9.16. The Morgan fingerprint density at radius 1 is 1.37 bits per heavy atom. The summed E-state index contributed by atoms with van der Waals surface area (Å²) in [5.74, 6) is -0.173. The molecule has 148 valence electrons. The third kappa shape index (κ3) is 2.92. The zero-order chi connectivity index (χ0) is 19.6. The molecule has 1 aliphatic heterocycles. The van der Waals surface area contributed by atoms with Crippen molar-refractivity contribution in [1.29, 1.82) is 0 Å². The van der Waals surface area contributed by atoms with E-state index in [1.807, 2.05) is 0 Å². The predicted molar refractivity (Wildman–Crippen MR) is 104 cm³/mol. The van der Waals surface area contributed by atoms with Crippen LogP contribution in [0.1, 0.15) is 39.8 Å². The van der Waals surface area contributed by atoms with Crippen molar-refractivity contribution in [3.8, 4) is 0 Å². The summed E-state index contributed by atoms with van der Waals surface area (Å²) < 4.78 is 30.0. The monoisotopic (exact) mass is 412 g/mol. The molecule has 2 aromatic heterocycles. The van der Waals surface area contributed by atoms with Gasteiger partial charge in [0.1, 0.15) is 18.2 Å². The maximum atomic E-state index is 15.8. The molecule has 0 N–H and O–H groups in total. The Kier molecular flexibility index (Phi) is 4.42. The topological polar surface area (TPSA) is 62.1 Å². The number of halogens is 2. The summed E-state index contributed by atoms with van der Waals surface area (Å²) in [7, 11) is -1.93. The van der Waals surface area contributed by atoms with Crippen LogP contribution in [0.5, 0.6) is 0 Å². The first-order valence-corrected chi connectivity index (χ1v) is 12.6. The number of rotatable bonds is 4. The Hall–Kier alpha value is -1.09. The Labute approximate surface area is 164 Å². The molecular formula is C18H26ClFN4O2Si. The van der Waals surface area contributed by atoms with Gasteiger partial charge in [0, 0.05) is 5.92 Å². The van der Waals surface area contributed by atoms with Gasteiger partial charge in [-0.1, -0.05) is 32.4 Å². The molecule has 1 aliphatic carbocycles. The van der Waals surface area contributed by atoms with Crippen molar-refractivity contribution in [3.63, 3.8) is 0 Å². The van der Waals surface area contributed by atoms with Crippen molar-refractivity contribution in [2.75, 3.05) is 6.61 Å². The number of nitrogens with zero attached hydrogens (tertiary/aromatic N) is 4. The van der Waals surface area contributed by atoms with Gasteiger partial charge in [-0.25, -0.2) is 19.3 Å². The van der Waals surface area contributed by atoms with Crippen molar-refractivity contribution in [3.05, 3.63) is 17.8 Å². The van der Waals surface area contributed by atoms with Gasteiger partial charge in [-0.3, -0.25) is 4.57 Å². The minimum atomic E-state index is -1.93. The van der Waals surface area contributed by atoms with E-state index < -0.39 is 20.2 Å².